The Morgan fingerprint density at radius 3 is 2.56 bits per heavy atom. The lowest BCUT2D eigenvalue weighted by atomic mass is 10.2. The maximum Gasteiger partial charge on any atom is 0.435 e. The third kappa shape index (κ3) is 3.10. The van der Waals surface area contributed by atoms with E-state index in [0.717, 1.165) is 25.3 Å². The van der Waals surface area contributed by atoms with E-state index in [1.165, 1.54) is 6.07 Å². The minimum Gasteiger partial charge on any atom is -0.381 e. The third-order valence-electron chi connectivity index (χ3n) is 3.02. The standard InChI is InChI=1S/C11H14F3N3O/c1-18-8-3-2-7(6-8)15-10-5-4-9(16-17-10)11(12,13)14/h4-5,7-8H,2-3,6H2,1H3,(H,15,17). The quantitative estimate of drug-likeness (QED) is 0.908. The van der Waals surface area contributed by atoms with Crippen molar-refractivity contribution in [3.05, 3.63) is 17.8 Å². The Bertz CT molecular complexity index is 394. The van der Waals surface area contributed by atoms with Gasteiger partial charge in [-0.05, 0) is 31.4 Å². The normalized spacial score (nSPS) is 24.2. The molecule has 0 aliphatic heterocycles. The second kappa shape index (κ2) is 5.09. The molecule has 1 aromatic rings. The largest absolute Gasteiger partial charge is 0.435 e. The molecule has 2 atom stereocenters. The molecular weight excluding hydrogens is 247 g/mol. The van der Waals surface area contributed by atoms with Gasteiger partial charge in [0, 0.05) is 13.2 Å². The van der Waals surface area contributed by atoms with Crippen LogP contribution in [0, 0.1) is 0 Å². The molecule has 1 aliphatic rings. The lowest BCUT2D eigenvalue weighted by Crippen LogP contribution is -2.19. The number of halogens is 3. The van der Waals surface area contributed by atoms with Crippen molar-refractivity contribution in [3.8, 4) is 0 Å². The van der Waals surface area contributed by atoms with Gasteiger partial charge in [-0.2, -0.15) is 13.2 Å². The summed E-state index contributed by atoms with van der Waals surface area (Å²) in [5.74, 6) is 0.366. The van der Waals surface area contributed by atoms with Crippen LogP contribution in [0.5, 0.6) is 0 Å². The number of nitrogens with zero attached hydrogens (tertiary/aromatic N) is 2. The van der Waals surface area contributed by atoms with Crippen molar-refractivity contribution in [1.29, 1.82) is 0 Å². The van der Waals surface area contributed by atoms with Crippen molar-refractivity contribution in [3.63, 3.8) is 0 Å². The van der Waals surface area contributed by atoms with Gasteiger partial charge < -0.3 is 10.1 Å². The molecule has 1 fully saturated rings. The van der Waals surface area contributed by atoms with Crippen molar-refractivity contribution in [2.45, 2.75) is 37.6 Å². The minimum absolute atomic E-state index is 0.181. The van der Waals surface area contributed by atoms with Crippen molar-refractivity contribution < 1.29 is 17.9 Å². The van der Waals surface area contributed by atoms with E-state index in [1.54, 1.807) is 7.11 Å². The van der Waals surface area contributed by atoms with E-state index in [9.17, 15) is 13.2 Å². The van der Waals surface area contributed by atoms with Crippen LogP contribution in [-0.2, 0) is 10.9 Å². The van der Waals surface area contributed by atoms with E-state index in [0.29, 0.717) is 5.82 Å². The Morgan fingerprint density at radius 2 is 2.06 bits per heavy atom. The number of anilines is 1. The zero-order valence-corrected chi connectivity index (χ0v) is 9.87. The highest BCUT2D eigenvalue weighted by Crippen LogP contribution is 2.28. The van der Waals surface area contributed by atoms with Crippen LogP contribution < -0.4 is 5.32 Å². The minimum atomic E-state index is -4.44. The SMILES string of the molecule is COC1CCC(Nc2ccc(C(F)(F)F)nn2)C1. The van der Waals surface area contributed by atoms with Gasteiger partial charge in [-0.1, -0.05) is 0 Å². The van der Waals surface area contributed by atoms with E-state index in [4.69, 9.17) is 4.74 Å². The summed E-state index contributed by atoms with van der Waals surface area (Å²) < 4.78 is 42.1. The summed E-state index contributed by atoms with van der Waals surface area (Å²) in [6, 6.07) is 2.41. The molecule has 2 rings (SSSR count). The Hall–Kier alpha value is -1.37. The molecule has 1 saturated carbocycles. The molecule has 0 saturated heterocycles. The topological polar surface area (TPSA) is 47.0 Å². The fraction of sp³-hybridized carbons (Fsp3) is 0.636. The van der Waals surface area contributed by atoms with Crippen LogP contribution in [-0.4, -0.2) is 29.5 Å². The van der Waals surface area contributed by atoms with Gasteiger partial charge in [-0.3, -0.25) is 0 Å². The Kier molecular flexibility index (Phi) is 3.70. The van der Waals surface area contributed by atoms with E-state index in [2.05, 4.69) is 15.5 Å². The second-order valence-electron chi connectivity index (χ2n) is 4.31. The molecule has 2 unspecified atom stereocenters. The molecule has 0 bridgehead atoms. The maximum absolute atomic E-state index is 12.3. The van der Waals surface area contributed by atoms with E-state index >= 15 is 0 Å². The van der Waals surface area contributed by atoms with Gasteiger partial charge in [0.1, 0.15) is 5.82 Å². The number of methoxy groups -OCH3 is 1. The Morgan fingerprint density at radius 1 is 1.28 bits per heavy atom. The smallest absolute Gasteiger partial charge is 0.381 e. The zero-order valence-electron chi connectivity index (χ0n) is 9.87. The predicted molar refractivity (Wildman–Crippen MR) is 59.1 cm³/mol. The first kappa shape index (κ1) is 13.1. The predicted octanol–water partition coefficient (Wildman–Crippen LogP) is 2.47. The van der Waals surface area contributed by atoms with Crippen molar-refractivity contribution in [1.82, 2.24) is 10.2 Å². The molecule has 0 spiro atoms. The summed E-state index contributed by atoms with van der Waals surface area (Å²) in [7, 11) is 1.66. The molecule has 4 nitrogen and oxygen atoms in total. The fourth-order valence-electron chi connectivity index (χ4n) is 2.05. The number of rotatable bonds is 3. The zero-order chi connectivity index (χ0) is 13.2. The highest BCUT2D eigenvalue weighted by Gasteiger charge is 2.33. The highest BCUT2D eigenvalue weighted by molar-refractivity contribution is 5.35. The van der Waals surface area contributed by atoms with E-state index in [-0.39, 0.29) is 12.1 Å². The first-order valence-corrected chi connectivity index (χ1v) is 5.69. The average Bonchev–Trinajstić information content (AvgIpc) is 2.76. The van der Waals surface area contributed by atoms with Crippen molar-refractivity contribution in [2.75, 3.05) is 12.4 Å². The van der Waals surface area contributed by atoms with Crippen molar-refractivity contribution >= 4 is 5.82 Å². The molecule has 0 amide bonds. The van der Waals surface area contributed by atoms with Gasteiger partial charge in [-0.15, -0.1) is 10.2 Å². The van der Waals surface area contributed by atoms with Gasteiger partial charge in [0.2, 0.25) is 0 Å². The van der Waals surface area contributed by atoms with Crippen LogP contribution in [0.25, 0.3) is 0 Å². The highest BCUT2D eigenvalue weighted by atomic mass is 19.4. The van der Waals surface area contributed by atoms with Crippen LogP contribution in [0.4, 0.5) is 19.0 Å². The lowest BCUT2D eigenvalue weighted by molar-refractivity contribution is -0.141. The van der Waals surface area contributed by atoms with Gasteiger partial charge in [-0.25, -0.2) is 0 Å². The van der Waals surface area contributed by atoms with Gasteiger partial charge >= 0.3 is 6.18 Å². The molecule has 18 heavy (non-hydrogen) atoms. The van der Waals surface area contributed by atoms with E-state index < -0.39 is 11.9 Å². The Balaban J connectivity index is 1.95. The molecule has 1 aliphatic carbocycles. The molecule has 1 aromatic heterocycles. The Labute approximate surface area is 103 Å². The number of aromatic nitrogens is 2. The first-order chi connectivity index (χ1) is 8.49. The third-order valence-corrected chi connectivity index (χ3v) is 3.02. The number of alkyl halides is 3. The van der Waals surface area contributed by atoms with Gasteiger partial charge in [0.25, 0.3) is 0 Å². The van der Waals surface area contributed by atoms with Crippen LogP contribution in [0.1, 0.15) is 25.0 Å². The van der Waals surface area contributed by atoms with Crippen LogP contribution in [0.3, 0.4) is 0 Å². The maximum atomic E-state index is 12.3. The number of hydrogen-bond donors (Lipinski definition) is 1. The molecule has 100 valence electrons. The summed E-state index contributed by atoms with van der Waals surface area (Å²) in [6.07, 6.45) is -1.53. The van der Waals surface area contributed by atoms with Crippen LogP contribution in [0.2, 0.25) is 0 Å². The van der Waals surface area contributed by atoms with Crippen LogP contribution in [0.15, 0.2) is 12.1 Å². The molecule has 1 heterocycles. The van der Waals surface area contributed by atoms with Crippen molar-refractivity contribution in [2.24, 2.45) is 0 Å². The van der Waals surface area contributed by atoms with Crippen LogP contribution >= 0.6 is 0 Å². The van der Waals surface area contributed by atoms with Gasteiger partial charge in [0.05, 0.1) is 6.10 Å². The molecular formula is C11H14F3N3O. The molecule has 0 aromatic carbocycles. The summed E-state index contributed by atoms with van der Waals surface area (Å²) in [6.45, 7) is 0. The number of nitrogens with one attached hydrogen (secondary N) is 1. The second-order valence-corrected chi connectivity index (χ2v) is 4.31. The summed E-state index contributed by atoms with van der Waals surface area (Å²) in [5, 5.41) is 9.76. The number of ether oxygens (including phenoxy) is 1. The summed E-state index contributed by atoms with van der Waals surface area (Å²) in [5.41, 5.74) is -0.978. The van der Waals surface area contributed by atoms with E-state index in [1.807, 2.05) is 0 Å². The monoisotopic (exact) mass is 261 g/mol. The number of hydrogen-bond acceptors (Lipinski definition) is 4. The molecule has 7 heteroatoms. The fourth-order valence-corrected chi connectivity index (χ4v) is 2.05. The average molecular weight is 261 g/mol. The molecule has 1 N–H and O–H groups in total. The lowest BCUT2D eigenvalue weighted by Gasteiger charge is -2.13. The molecule has 0 radical (unpaired) electrons. The summed E-state index contributed by atoms with van der Waals surface area (Å²) in [4.78, 5) is 0. The van der Waals surface area contributed by atoms with Gasteiger partial charge in [0.15, 0.2) is 5.69 Å². The summed E-state index contributed by atoms with van der Waals surface area (Å²) >= 11 is 0. The first-order valence-electron chi connectivity index (χ1n) is 5.69.